The molecule has 34 heavy (non-hydrogen) atoms. The smallest absolute Gasteiger partial charge is 0.222 e. The maximum Gasteiger partial charge on any atom is 0.222 e. The maximum absolute atomic E-state index is 6.17. The molecule has 0 radical (unpaired) electrons. The van der Waals surface area contributed by atoms with Crippen LogP contribution in [-0.4, -0.2) is 78.3 Å². The van der Waals surface area contributed by atoms with Gasteiger partial charge in [-0.2, -0.15) is 4.98 Å². The molecular formula is C27H38N6O. The minimum atomic E-state index is 0.360. The average molecular weight is 463 g/mol. The summed E-state index contributed by atoms with van der Waals surface area (Å²) in [6, 6.07) is 9.02. The van der Waals surface area contributed by atoms with Gasteiger partial charge in [-0.05, 0) is 68.7 Å². The Morgan fingerprint density at radius 2 is 1.79 bits per heavy atom. The number of aromatic nitrogens is 2. The van der Waals surface area contributed by atoms with E-state index in [-0.39, 0.29) is 0 Å². The molecule has 182 valence electrons. The van der Waals surface area contributed by atoms with Crippen LogP contribution < -0.4 is 10.6 Å². The molecule has 4 heterocycles. The molecule has 1 aromatic heterocycles. The van der Waals surface area contributed by atoms with Crippen molar-refractivity contribution in [3.8, 4) is 11.3 Å². The van der Waals surface area contributed by atoms with E-state index in [1.807, 2.05) is 0 Å². The van der Waals surface area contributed by atoms with E-state index in [9.17, 15) is 0 Å². The van der Waals surface area contributed by atoms with E-state index < -0.39 is 0 Å². The largest absolute Gasteiger partial charge is 0.381 e. The maximum atomic E-state index is 6.17. The third-order valence-electron chi connectivity index (χ3n) is 8.58. The lowest BCUT2D eigenvalue weighted by Crippen LogP contribution is -2.44. The zero-order valence-electron chi connectivity index (χ0n) is 20.5. The summed E-state index contributed by atoms with van der Waals surface area (Å²) in [5.74, 6) is 2.14. The van der Waals surface area contributed by atoms with Crippen molar-refractivity contribution in [2.45, 2.75) is 50.6 Å². The summed E-state index contributed by atoms with van der Waals surface area (Å²) in [6.45, 7) is 8.17. The fraction of sp³-hybridized carbons (Fsp3) is 0.630. The number of hydrogen-bond donors (Lipinski definition) is 1. The summed E-state index contributed by atoms with van der Waals surface area (Å²) >= 11 is 0. The van der Waals surface area contributed by atoms with E-state index >= 15 is 0 Å². The molecule has 1 saturated carbocycles. The first kappa shape index (κ1) is 22.3. The van der Waals surface area contributed by atoms with Crippen LogP contribution in [0.15, 0.2) is 24.3 Å². The predicted octanol–water partition coefficient (Wildman–Crippen LogP) is 3.19. The van der Waals surface area contributed by atoms with Crippen LogP contribution in [0.25, 0.3) is 11.3 Å². The van der Waals surface area contributed by atoms with Gasteiger partial charge in [-0.25, -0.2) is 4.98 Å². The number of fused-ring (bicyclic) bond motifs is 1. The molecule has 6 rings (SSSR count). The van der Waals surface area contributed by atoms with Gasteiger partial charge in [-0.1, -0.05) is 12.1 Å². The van der Waals surface area contributed by atoms with Crippen molar-refractivity contribution < 1.29 is 4.74 Å². The summed E-state index contributed by atoms with van der Waals surface area (Å²) < 4.78 is 5.60. The normalized spacial score (nSPS) is 23.6. The molecule has 0 unspecified atom stereocenters. The first-order valence-corrected chi connectivity index (χ1v) is 13.1. The number of hydrogen-bond acceptors (Lipinski definition) is 7. The molecule has 0 amide bonds. The second-order valence-electron chi connectivity index (χ2n) is 10.9. The van der Waals surface area contributed by atoms with Crippen molar-refractivity contribution in [3.05, 3.63) is 35.4 Å². The van der Waals surface area contributed by atoms with E-state index in [2.05, 4.69) is 56.0 Å². The van der Waals surface area contributed by atoms with Gasteiger partial charge in [-0.15, -0.1) is 0 Å². The van der Waals surface area contributed by atoms with Crippen molar-refractivity contribution >= 4 is 11.8 Å². The van der Waals surface area contributed by atoms with Crippen LogP contribution in [0.1, 0.15) is 43.2 Å². The molecule has 7 heteroatoms. The summed E-state index contributed by atoms with van der Waals surface area (Å²) in [7, 11) is 2.17. The van der Waals surface area contributed by atoms with Crippen LogP contribution in [0.5, 0.6) is 0 Å². The Kier molecular flexibility index (Phi) is 5.95. The van der Waals surface area contributed by atoms with Crippen molar-refractivity contribution in [3.63, 3.8) is 0 Å². The van der Waals surface area contributed by atoms with Crippen molar-refractivity contribution in [1.82, 2.24) is 19.8 Å². The third kappa shape index (κ3) is 4.53. The van der Waals surface area contributed by atoms with Crippen LogP contribution in [-0.2, 0) is 17.7 Å². The topological polar surface area (TPSA) is 70.8 Å². The highest BCUT2D eigenvalue weighted by atomic mass is 16.5. The van der Waals surface area contributed by atoms with Crippen LogP contribution >= 0.6 is 0 Å². The zero-order valence-corrected chi connectivity index (χ0v) is 20.5. The van der Waals surface area contributed by atoms with E-state index in [1.165, 1.54) is 49.8 Å². The van der Waals surface area contributed by atoms with Crippen molar-refractivity contribution in [1.29, 1.82) is 0 Å². The van der Waals surface area contributed by atoms with Gasteiger partial charge in [0.2, 0.25) is 5.95 Å². The summed E-state index contributed by atoms with van der Waals surface area (Å²) in [5, 5.41) is 0. The molecule has 1 aliphatic carbocycles. The molecule has 4 aliphatic rings. The lowest BCUT2D eigenvalue weighted by atomic mass is 9.88. The van der Waals surface area contributed by atoms with Crippen LogP contribution in [0.3, 0.4) is 0 Å². The van der Waals surface area contributed by atoms with Gasteiger partial charge >= 0.3 is 0 Å². The Labute approximate surface area is 203 Å². The van der Waals surface area contributed by atoms with Gasteiger partial charge in [-0.3, -0.25) is 4.90 Å². The second-order valence-corrected chi connectivity index (χ2v) is 10.9. The van der Waals surface area contributed by atoms with E-state index in [4.69, 9.17) is 10.5 Å². The molecule has 2 aromatic rings. The Morgan fingerprint density at radius 3 is 2.56 bits per heavy atom. The SMILES string of the molecule is CN1CCN(c2cc(-c3ccc4c(c3)CN(C3(CC5CCOCC5)CC3)CC4)nc(N)n2)CC1. The number of likely N-dealkylation sites (N-methyl/N-ethyl adjacent to an activating group) is 1. The molecule has 0 atom stereocenters. The lowest BCUT2D eigenvalue weighted by Gasteiger charge is -2.38. The number of benzene rings is 1. The van der Waals surface area contributed by atoms with Gasteiger partial charge < -0.3 is 20.3 Å². The number of piperazine rings is 1. The van der Waals surface area contributed by atoms with Crippen LogP contribution in [0.2, 0.25) is 0 Å². The minimum Gasteiger partial charge on any atom is -0.381 e. The molecule has 7 nitrogen and oxygen atoms in total. The molecule has 0 bridgehead atoms. The van der Waals surface area contributed by atoms with Crippen molar-refractivity contribution in [2.75, 3.05) is 63.6 Å². The van der Waals surface area contributed by atoms with Gasteiger partial charge in [0.15, 0.2) is 0 Å². The second kappa shape index (κ2) is 9.10. The fourth-order valence-electron chi connectivity index (χ4n) is 6.20. The molecule has 0 spiro atoms. The minimum absolute atomic E-state index is 0.360. The zero-order chi connectivity index (χ0) is 23.1. The first-order valence-electron chi connectivity index (χ1n) is 13.1. The van der Waals surface area contributed by atoms with Gasteiger partial charge in [0.1, 0.15) is 5.82 Å². The number of rotatable bonds is 5. The average Bonchev–Trinajstić information content (AvgIpc) is 3.64. The Hall–Kier alpha value is -2.22. The highest BCUT2D eigenvalue weighted by molar-refractivity contribution is 5.66. The van der Waals surface area contributed by atoms with E-state index in [0.717, 1.165) is 75.4 Å². The van der Waals surface area contributed by atoms with Gasteiger partial charge in [0.05, 0.1) is 5.69 Å². The van der Waals surface area contributed by atoms with Crippen LogP contribution in [0, 0.1) is 5.92 Å². The number of ether oxygens (including phenoxy) is 1. The Balaban J connectivity index is 1.21. The molecule has 2 saturated heterocycles. The molecular weight excluding hydrogens is 424 g/mol. The van der Waals surface area contributed by atoms with Gasteiger partial charge in [0.25, 0.3) is 0 Å². The van der Waals surface area contributed by atoms with Gasteiger partial charge in [0, 0.05) is 69.7 Å². The Bertz CT molecular complexity index is 1020. The summed E-state index contributed by atoms with van der Waals surface area (Å²) in [5.41, 5.74) is 11.6. The monoisotopic (exact) mass is 462 g/mol. The highest BCUT2D eigenvalue weighted by Crippen LogP contribution is 2.49. The standard InChI is InChI=1S/C27H38N6O/c1-31-10-12-32(13-11-31)25-17-24(29-26(28)30-25)22-3-2-21-4-9-33(19-23(21)16-22)27(7-8-27)18-20-5-14-34-15-6-20/h2-3,16-17,20H,4-15,18-19H2,1H3,(H2,28,29,30). The number of nitrogens with two attached hydrogens (primary N) is 1. The predicted molar refractivity (Wildman–Crippen MR) is 136 cm³/mol. The van der Waals surface area contributed by atoms with E-state index in [0.29, 0.717) is 11.5 Å². The molecule has 2 N–H and O–H groups in total. The fourth-order valence-corrected chi connectivity index (χ4v) is 6.20. The molecule has 1 aromatic carbocycles. The first-order chi connectivity index (χ1) is 16.6. The van der Waals surface area contributed by atoms with E-state index in [1.54, 1.807) is 0 Å². The third-order valence-corrected chi connectivity index (χ3v) is 8.58. The van der Waals surface area contributed by atoms with Crippen molar-refractivity contribution in [2.24, 2.45) is 5.92 Å². The summed E-state index contributed by atoms with van der Waals surface area (Å²) in [6.07, 6.45) is 7.68. The summed E-state index contributed by atoms with van der Waals surface area (Å²) in [4.78, 5) is 16.7. The quantitative estimate of drug-likeness (QED) is 0.732. The number of nitrogen functional groups attached to an aromatic ring is 1. The number of nitrogens with zero attached hydrogens (tertiary/aromatic N) is 5. The molecule has 3 aliphatic heterocycles. The highest BCUT2D eigenvalue weighted by Gasteiger charge is 2.49. The van der Waals surface area contributed by atoms with Crippen LogP contribution in [0.4, 0.5) is 11.8 Å². The number of anilines is 2. The molecule has 3 fully saturated rings. The lowest BCUT2D eigenvalue weighted by molar-refractivity contribution is 0.0444. The Morgan fingerprint density at radius 1 is 1.00 bits per heavy atom.